The third kappa shape index (κ3) is 2.95. The first-order chi connectivity index (χ1) is 9.15. The highest BCUT2D eigenvalue weighted by Crippen LogP contribution is 2.28. The molecule has 0 unspecified atom stereocenters. The smallest absolute Gasteiger partial charge is 0.248 e. The summed E-state index contributed by atoms with van der Waals surface area (Å²) in [5.74, 6) is 0.699. The molecule has 1 aromatic heterocycles. The van der Waals surface area contributed by atoms with Gasteiger partial charge in [-0.05, 0) is 31.0 Å². The molecule has 0 saturated carbocycles. The Balaban J connectivity index is 2.36. The van der Waals surface area contributed by atoms with Gasteiger partial charge >= 0.3 is 0 Å². The fourth-order valence-corrected chi connectivity index (χ4v) is 2.36. The van der Waals surface area contributed by atoms with Crippen LogP contribution in [0.4, 0.5) is 0 Å². The van der Waals surface area contributed by atoms with Crippen molar-refractivity contribution in [2.24, 2.45) is 5.73 Å². The summed E-state index contributed by atoms with van der Waals surface area (Å²) in [5.41, 5.74) is 7.17. The molecule has 2 rings (SSSR count). The number of nitrogens with two attached hydrogens (primary N) is 1. The number of carbonyl (C=O) groups excluding carboxylic acids is 1. The predicted octanol–water partition coefficient (Wildman–Crippen LogP) is 3.61. The van der Waals surface area contributed by atoms with E-state index in [2.05, 4.69) is 18.8 Å². The molecule has 1 aromatic carbocycles. The number of primary amides is 1. The third-order valence-electron chi connectivity index (χ3n) is 3.31. The maximum Gasteiger partial charge on any atom is 0.248 e. The molecular weight excluding hydrogens is 240 g/mol. The maximum absolute atomic E-state index is 11.2. The minimum Gasteiger partial charge on any atom is -0.440 e. The zero-order valence-corrected chi connectivity index (χ0v) is 11.5. The van der Waals surface area contributed by atoms with Crippen LogP contribution in [0.3, 0.4) is 0 Å². The monoisotopic (exact) mass is 260 g/mol. The Hall–Kier alpha value is -1.84. The second kappa shape index (κ2) is 5.87. The number of hydrogen-bond donors (Lipinski definition) is 1. The maximum atomic E-state index is 11.2. The van der Waals surface area contributed by atoms with Crippen LogP contribution < -0.4 is 5.73 Å². The van der Waals surface area contributed by atoms with Crippen LogP contribution in [0.2, 0.25) is 0 Å². The van der Waals surface area contributed by atoms with Gasteiger partial charge in [-0.2, -0.15) is 0 Å². The van der Waals surface area contributed by atoms with Crippen LogP contribution in [0, 0.1) is 0 Å². The molecule has 0 aliphatic rings. The molecule has 2 N–H and O–H groups in total. The van der Waals surface area contributed by atoms with Crippen molar-refractivity contribution in [3.8, 4) is 0 Å². The van der Waals surface area contributed by atoms with Gasteiger partial charge in [-0.3, -0.25) is 4.79 Å². The minimum absolute atomic E-state index is 0.361. The van der Waals surface area contributed by atoms with Crippen molar-refractivity contribution >= 4 is 17.0 Å². The van der Waals surface area contributed by atoms with E-state index in [1.807, 2.05) is 0 Å². The summed E-state index contributed by atoms with van der Waals surface area (Å²) < 4.78 is 5.81. The number of rotatable bonds is 6. The van der Waals surface area contributed by atoms with E-state index < -0.39 is 5.91 Å². The highest BCUT2D eigenvalue weighted by atomic mass is 16.3. The van der Waals surface area contributed by atoms with Crippen molar-refractivity contribution in [3.05, 3.63) is 29.7 Å². The molecule has 19 heavy (non-hydrogen) atoms. The lowest BCUT2D eigenvalue weighted by atomic mass is 9.98. The van der Waals surface area contributed by atoms with Gasteiger partial charge in [-0.25, -0.2) is 4.98 Å². The summed E-state index contributed by atoms with van der Waals surface area (Å²) in [7, 11) is 0. The number of fused-ring (bicyclic) bond motifs is 1. The Morgan fingerprint density at radius 2 is 2.00 bits per heavy atom. The molecule has 102 valence electrons. The lowest BCUT2D eigenvalue weighted by Gasteiger charge is -2.09. The van der Waals surface area contributed by atoms with Gasteiger partial charge in [-0.15, -0.1) is 0 Å². The van der Waals surface area contributed by atoms with Crippen molar-refractivity contribution in [2.45, 2.75) is 45.4 Å². The van der Waals surface area contributed by atoms with E-state index in [0.29, 0.717) is 17.0 Å². The van der Waals surface area contributed by atoms with Gasteiger partial charge in [0.15, 0.2) is 11.5 Å². The van der Waals surface area contributed by atoms with Crippen LogP contribution in [0.1, 0.15) is 61.7 Å². The molecule has 0 fully saturated rings. The molecule has 4 nitrogen and oxygen atoms in total. The third-order valence-corrected chi connectivity index (χ3v) is 3.31. The number of aromatic nitrogens is 1. The van der Waals surface area contributed by atoms with Gasteiger partial charge in [-0.1, -0.05) is 26.7 Å². The molecule has 0 aliphatic heterocycles. The average molecular weight is 260 g/mol. The standard InChI is InChI=1S/C15H20N2O2/c1-3-5-10(6-4-2)15-17-12-9-11(14(16)18)7-8-13(12)19-15/h7-10H,3-6H2,1-2H3,(H2,16,18). The number of hydrogen-bond acceptors (Lipinski definition) is 3. The van der Waals surface area contributed by atoms with Crippen LogP contribution in [0.15, 0.2) is 22.6 Å². The predicted molar refractivity (Wildman–Crippen MR) is 75.1 cm³/mol. The minimum atomic E-state index is -0.440. The highest BCUT2D eigenvalue weighted by Gasteiger charge is 2.17. The van der Waals surface area contributed by atoms with Gasteiger partial charge in [0, 0.05) is 11.5 Å². The van der Waals surface area contributed by atoms with Crippen LogP contribution in [0.5, 0.6) is 0 Å². The van der Waals surface area contributed by atoms with E-state index in [9.17, 15) is 4.79 Å². The number of oxazole rings is 1. The fraction of sp³-hybridized carbons (Fsp3) is 0.467. The molecule has 0 saturated heterocycles. The summed E-state index contributed by atoms with van der Waals surface area (Å²) in [6.45, 7) is 4.33. The van der Waals surface area contributed by atoms with Crippen LogP contribution >= 0.6 is 0 Å². The largest absolute Gasteiger partial charge is 0.440 e. The van der Waals surface area contributed by atoms with E-state index in [4.69, 9.17) is 10.2 Å². The highest BCUT2D eigenvalue weighted by molar-refractivity contribution is 5.95. The Morgan fingerprint density at radius 3 is 2.58 bits per heavy atom. The zero-order chi connectivity index (χ0) is 13.8. The second-order valence-electron chi connectivity index (χ2n) is 4.87. The van der Waals surface area contributed by atoms with Crippen molar-refractivity contribution < 1.29 is 9.21 Å². The molecule has 2 aromatic rings. The van der Waals surface area contributed by atoms with Crippen molar-refractivity contribution in [3.63, 3.8) is 0 Å². The Bertz CT molecular complexity index is 569. The average Bonchev–Trinajstić information content (AvgIpc) is 2.80. The van der Waals surface area contributed by atoms with Crippen LogP contribution in [0.25, 0.3) is 11.1 Å². The van der Waals surface area contributed by atoms with E-state index in [-0.39, 0.29) is 0 Å². The van der Waals surface area contributed by atoms with E-state index in [1.54, 1.807) is 18.2 Å². The van der Waals surface area contributed by atoms with Crippen LogP contribution in [-0.4, -0.2) is 10.9 Å². The number of benzene rings is 1. The second-order valence-corrected chi connectivity index (χ2v) is 4.87. The van der Waals surface area contributed by atoms with Gasteiger partial charge < -0.3 is 10.2 Å². The lowest BCUT2D eigenvalue weighted by molar-refractivity contribution is 0.100. The number of carbonyl (C=O) groups is 1. The van der Waals surface area contributed by atoms with E-state index in [0.717, 1.165) is 37.2 Å². The van der Waals surface area contributed by atoms with Crippen molar-refractivity contribution in [1.82, 2.24) is 4.98 Å². The van der Waals surface area contributed by atoms with Crippen molar-refractivity contribution in [1.29, 1.82) is 0 Å². The van der Waals surface area contributed by atoms with E-state index in [1.165, 1.54) is 0 Å². The zero-order valence-electron chi connectivity index (χ0n) is 11.5. The first kappa shape index (κ1) is 13.6. The van der Waals surface area contributed by atoms with Gasteiger partial charge in [0.1, 0.15) is 5.52 Å². The summed E-state index contributed by atoms with van der Waals surface area (Å²) in [5, 5.41) is 0. The Kier molecular flexibility index (Phi) is 4.20. The first-order valence-corrected chi connectivity index (χ1v) is 6.86. The summed E-state index contributed by atoms with van der Waals surface area (Å²) in [6.07, 6.45) is 4.36. The summed E-state index contributed by atoms with van der Waals surface area (Å²) in [6, 6.07) is 5.13. The van der Waals surface area contributed by atoms with Gasteiger partial charge in [0.2, 0.25) is 5.91 Å². The lowest BCUT2D eigenvalue weighted by Crippen LogP contribution is -2.10. The molecule has 4 heteroatoms. The molecule has 1 heterocycles. The Labute approximate surface area is 113 Å². The first-order valence-electron chi connectivity index (χ1n) is 6.86. The van der Waals surface area contributed by atoms with Crippen LogP contribution in [-0.2, 0) is 0 Å². The van der Waals surface area contributed by atoms with Gasteiger partial charge in [0.05, 0.1) is 0 Å². The topological polar surface area (TPSA) is 69.1 Å². The Morgan fingerprint density at radius 1 is 1.32 bits per heavy atom. The summed E-state index contributed by atoms with van der Waals surface area (Å²) in [4.78, 5) is 15.7. The van der Waals surface area contributed by atoms with Crippen molar-refractivity contribution in [2.75, 3.05) is 0 Å². The normalized spacial score (nSPS) is 11.3. The molecule has 1 amide bonds. The molecule has 0 bridgehead atoms. The quantitative estimate of drug-likeness (QED) is 0.862. The number of nitrogens with zero attached hydrogens (tertiary/aromatic N) is 1. The molecule has 0 radical (unpaired) electrons. The summed E-state index contributed by atoms with van der Waals surface area (Å²) >= 11 is 0. The number of amides is 1. The fourth-order valence-electron chi connectivity index (χ4n) is 2.36. The molecular formula is C15H20N2O2. The van der Waals surface area contributed by atoms with Gasteiger partial charge in [0.25, 0.3) is 0 Å². The molecule has 0 aliphatic carbocycles. The SMILES string of the molecule is CCCC(CCC)c1nc2cc(C(N)=O)ccc2o1. The molecule has 0 spiro atoms. The van der Waals surface area contributed by atoms with E-state index >= 15 is 0 Å². The molecule has 0 atom stereocenters.